The number of thioether (sulfide) groups is 1. The number of piperidine rings is 3. The molecule has 0 unspecified atom stereocenters. The molecule has 6 heterocycles. The summed E-state index contributed by atoms with van der Waals surface area (Å²) in [5.41, 5.74) is 10.8. The SMILES string of the molecule is NC(=O)C12CC[N+](CC3=C(C(=O)O)N4C(=O)[C@@H](NC(=O)/C(=N\OCC(=O)O)c5nsc(N)n5)[C@@H]4SC3)(CC1)CC2. The highest BCUT2D eigenvalue weighted by molar-refractivity contribution is 8.00. The summed E-state index contributed by atoms with van der Waals surface area (Å²) in [5, 5.41) is 24.3. The number of amides is 3. The van der Waals surface area contributed by atoms with Crippen molar-refractivity contribution in [3.05, 3.63) is 17.1 Å². The van der Waals surface area contributed by atoms with Gasteiger partial charge >= 0.3 is 11.9 Å². The Kier molecular flexibility index (Phi) is 7.17. The first-order chi connectivity index (χ1) is 19.0. The number of carbonyl (C=O) groups is 5. The quantitative estimate of drug-likeness (QED) is 0.0867. The first kappa shape index (κ1) is 27.8. The molecule has 0 radical (unpaired) electrons. The van der Waals surface area contributed by atoms with E-state index in [9.17, 15) is 29.1 Å². The number of carbonyl (C=O) groups excluding carboxylic acids is 3. The van der Waals surface area contributed by atoms with E-state index in [0.29, 0.717) is 61.3 Å². The molecule has 0 spiro atoms. The molecule has 0 saturated carbocycles. The summed E-state index contributed by atoms with van der Waals surface area (Å²) < 4.78 is 4.54. The predicted molar refractivity (Wildman–Crippen MR) is 139 cm³/mol. The molecule has 18 heteroatoms. The number of β-lactam (4-membered cyclic amide) rings is 1. The van der Waals surface area contributed by atoms with Crippen LogP contribution in [-0.2, 0) is 28.8 Å². The number of hydrogen-bond donors (Lipinski definition) is 5. The zero-order valence-electron chi connectivity index (χ0n) is 21.1. The lowest BCUT2D eigenvalue weighted by Gasteiger charge is -2.55. The van der Waals surface area contributed by atoms with Crippen LogP contribution in [0.3, 0.4) is 0 Å². The molecule has 1 aromatic heterocycles. The third kappa shape index (κ3) is 4.86. The number of rotatable bonds is 10. The normalized spacial score (nSPS) is 29.4. The van der Waals surface area contributed by atoms with Gasteiger partial charge in [0.1, 0.15) is 23.7 Å². The third-order valence-corrected chi connectivity index (χ3v) is 9.87. The Labute approximate surface area is 235 Å². The molecule has 1 aromatic rings. The lowest BCUT2D eigenvalue weighted by atomic mass is 9.70. The molecule has 3 amide bonds. The molecule has 5 aliphatic heterocycles. The summed E-state index contributed by atoms with van der Waals surface area (Å²) >= 11 is 2.11. The molecule has 16 nitrogen and oxygen atoms in total. The standard InChI is InChI=1S/C22H26N8O8S2/c23-20(37)22-1-4-30(5-2-22,6-3-22)7-10-9-39-18-13(17(34)29(18)14(10)19(35)36)25-16(33)12(27-38-8-11(31)32)15-26-21(24)40-28-15/h13,18H,1-9H2,(H6-,23,24,25,26,28,31,32,33,35,36,37)/p+1/b27-12-/t13-,18+,22?,30?/m1/s1. The predicted octanol–water partition coefficient (Wildman–Crippen LogP) is -1.85. The Morgan fingerprint density at radius 1 is 1.20 bits per heavy atom. The van der Waals surface area contributed by atoms with Crippen molar-refractivity contribution in [3.8, 4) is 0 Å². The van der Waals surface area contributed by atoms with Crippen LogP contribution in [0, 0.1) is 5.41 Å². The van der Waals surface area contributed by atoms with Gasteiger partial charge in [0, 0.05) is 42.1 Å². The van der Waals surface area contributed by atoms with Crippen molar-refractivity contribution in [2.45, 2.75) is 30.7 Å². The van der Waals surface area contributed by atoms with Crippen LogP contribution in [0.2, 0.25) is 0 Å². The minimum atomic E-state index is -1.33. The van der Waals surface area contributed by atoms with Gasteiger partial charge in [-0.2, -0.15) is 9.36 Å². The average molecular weight is 596 g/mol. The number of aromatic nitrogens is 2. The molecule has 5 aliphatic rings. The minimum absolute atomic E-state index is 0.0281. The summed E-state index contributed by atoms with van der Waals surface area (Å²) in [6.45, 7) is 1.75. The van der Waals surface area contributed by atoms with E-state index >= 15 is 0 Å². The van der Waals surface area contributed by atoms with Gasteiger partial charge in [0.05, 0.1) is 25.0 Å². The molecule has 4 fully saturated rings. The smallest absolute Gasteiger partial charge is 0.352 e. The fraction of sp³-hybridized carbons (Fsp3) is 0.545. The highest BCUT2D eigenvalue weighted by Gasteiger charge is 2.57. The second-order valence-electron chi connectivity index (χ2n) is 10.2. The van der Waals surface area contributed by atoms with Gasteiger partial charge in [-0.15, -0.1) is 11.8 Å². The van der Waals surface area contributed by atoms with Crippen LogP contribution >= 0.6 is 23.3 Å². The van der Waals surface area contributed by atoms with E-state index in [1.165, 1.54) is 16.7 Å². The Balaban J connectivity index is 1.31. The average Bonchev–Trinajstić information content (AvgIpc) is 3.35. The van der Waals surface area contributed by atoms with E-state index in [-0.39, 0.29) is 22.6 Å². The molecular formula is C22H27N8O8S2+. The van der Waals surface area contributed by atoms with Gasteiger partial charge in [-0.3, -0.25) is 19.3 Å². The lowest BCUT2D eigenvalue weighted by Crippen LogP contribution is -2.71. The number of nitrogens with zero attached hydrogens (tertiary/aromatic N) is 5. The van der Waals surface area contributed by atoms with Crippen LogP contribution in [0.5, 0.6) is 0 Å². The number of quaternary nitrogens is 1. The minimum Gasteiger partial charge on any atom is -0.479 e. The summed E-state index contributed by atoms with van der Waals surface area (Å²) in [5.74, 6) is -4.22. The molecule has 40 heavy (non-hydrogen) atoms. The summed E-state index contributed by atoms with van der Waals surface area (Å²) in [6.07, 6.45) is 1.97. The monoisotopic (exact) mass is 595 g/mol. The lowest BCUT2D eigenvalue weighted by molar-refractivity contribution is -0.940. The number of nitrogens with two attached hydrogens (primary N) is 2. The van der Waals surface area contributed by atoms with Crippen molar-refractivity contribution < 1.29 is 43.5 Å². The number of fused-ring (bicyclic) bond motifs is 4. The summed E-state index contributed by atoms with van der Waals surface area (Å²) in [7, 11) is 0. The van der Waals surface area contributed by atoms with E-state index in [1.807, 2.05) is 0 Å². The van der Waals surface area contributed by atoms with Gasteiger partial charge < -0.3 is 36.3 Å². The summed E-state index contributed by atoms with van der Waals surface area (Å²) in [6, 6.07) is -1.07. The number of carboxylic acid groups (broad SMARTS) is 2. The second-order valence-corrected chi connectivity index (χ2v) is 12.1. The van der Waals surface area contributed by atoms with Crippen molar-refractivity contribution in [2.75, 3.05) is 44.3 Å². The first-order valence-electron chi connectivity index (χ1n) is 12.3. The number of carboxylic acids is 2. The fourth-order valence-corrected chi connectivity index (χ4v) is 7.53. The molecule has 7 N–H and O–H groups in total. The summed E-state index contributed by atoms with van der Waals surface area (Å²) in [4.78, 5) is 71.1. The van der Waals surface area contributed by atoms with E-state index < -0.39 is 52.9 Å². The van der Waals surface area contributed by atoms with E-state index in [2.05, 4.69) is 24.7 Å². The number of nitrogen functional groups attached to an aromatic ring is 1. The van der Waals surface area contributed by atoms with Crippen molar-refractivity contribution in [3.63, 3.8) is 0 Å². The zero-order chi connectivity index (χ0) is 28.8. The van der Waals surface area contributed by atoms with E-state index in [1.54, 1.807) is 0 Å². The van der Waals surface area contributed by atoms with Gasteiger partial charge in [-0.25, -0.2) is 9.59 Å². The first-order valence-corrected chi connectivity index (χ1v) is 14.1. The molecule has 2 bridgehead atoms. The molecular weight excluding hydrogens is 568 g/mol. The second kappa shape index (κ2) is 10.3. The van der Waals surface area contributed by atoms with E-state index in [4.69, 9.17) is 16.6 Å². The molecule has 2 atom stereocenters. The Hall–Kier alpha value is -3.77. The van der Waals surface area contributed by atoms with E-state index in [0.717, 1.165) is 11.5 Å². The molecule has 6 rings (SSSR count). The van der Waals surface area contributed by atoms with Crippen LogP contribution in [-0.4, -0.2) is 114 Å². The fourth-order valence-electron chi connectivity index (χ4n) is 5.76. The highest BCUT2D eigenvalue weighted by Crippen LogP contribution is 2.46. The van der Waals surface area contributed by atoms with Crippen LogP contribution < -0.4 is 16.8 Å². The van der Waals surface area contributed by atoms with Gasteiger partial charge in [0.15, 0.2) is 5.13 Å². The van der Waals surface area contributed by atoms with Gasteiger partial charge in [-0.05, 0) is 0 Å². The Bertz CT molecular complexity index is 1340. The molecule has 4 saturated heterocycles. The van der Waals surface area contributed by atoms with Crippen molar-refractivity contribution in [2.24, 2.45) is 16.3 Å². The molecule has 0 aliphatic carbocycles. The maximum atomic E-state index is 13.2. The van der Waals surface area contributed by atoms with Crippen LogP contribution in [0.15, 0.2) is 16.4 Å². The van der Waals surface area contributed by atoms with Crippen molar-refractivity contribution in [1.82, 2.24) is 19.6 Å². The molecule has 0 aromatic carbocycles. The number of aliphatic carboxylic acids is 2. The topological polar surface area (TPSA) is 240 Å². The maximum absolute atomic E-state index is 13.2. The highest BCUT2D eigenvalue weighted by atomic mass is 32.2. The zero-order valence-corrected chi connectivity index (χ0v) is 22.7. The Morgan fingerprint density at radius 2 is 1.88 bits per heavy atom. The number of hydrogen-bond acceptors (Lipinski definition) is 12. The van der Waals surface area contributed by atoms with Gasteiger partial charge in [0.25, 0.3) is 11.8 Å². The van der Waals surface area contributed by atoms with Crippen molar-refractivity contribution >= 4 is 63.8 Å². The maximum Gasteiger partial charge on any atom is 0.352 e. The number of anilines is 1. The largest absolute Gasteiger partial charge is 0.479 e. The van der Waals surface area contributed by atoms with Gasteiger partial charge in [-0.1, -0.05) is 5.16 Å². The number of oxime groups is 1. The van der Waals surface area contributed by atoms with Gasteiger partial charge in [0.2, 0.25) is 24.1 Å². The van der Waals surface area contributed by atoms with Crippen LogP contribution in [0.4, 0.5) is 5.13 Å². The Morgan fingerprint density at radius 3 is 2.42 bits per heavy atom. The third-order valence-electron chi connectivity index (χ3n) is 7.99. The van der Waals surface area contributed by atoms with Crippen LogP contribution in [0.25, 0.3) is 0 Å². The van der Waals surface area contributed by atoms with Crippen LogP contribution in [0.1, 0.15) is 25.1 Å². The number of nitrogens with one attached hydrogen (secondary N) is 1. The van der Waals surface area contributed by atoms with Crippen molar-refractivity contribution in [1.29, 1.82) is 0 Å². The number of primary amides is 1. The molecule has 214 valence electrons.